The Morgan fingerprint density at radius 1 is 1.32 bits per heavy atom. The van der Waals surface area contributed by atoms with Gasteiger partial charge in [-0.05, 0) is 57.4 Å². The van der Waals surface area contributed by atoms with Crippen LogP contribution in [0, 0.1) is 19.7 Å². The maximum Gasteiger partial charge on any atom is 0.256 e. The fourth-order valence-electron chi connectivity index (χ4n) is 3.42. The number of aromatic nitrogens is 1. The molecule has 1 amide bonds. The molecule has 134 valence electrons. The molecule has 2 aromatic rings. The van der Waals surface area contributed by atoms with Crippen LogP contribution in [0.25, 0.3) is 0 Å². The van der Waals surface area contributed by atoms with Gasteiger partial charge >= 0.3 is 0 Å². The monoisotopic (exact) mass is 344 g/mol. The molecule has 1 heterocycles. The van der Waals surface area contributed by atoms with Gasteiger partial charge in [-0.25, -0.2) is 4.39 Å². The Labute approximate surface area is 147 Å². The number of amides is 1. The van der Waals surface area contributed by atoms with E-state index in [0.717, 1.165) is 30.8 Å². The average Bonchev–Trinajstić information content (AvgIpc) is 3.38. The normalized spacial score (nSPS) is 15.2. The Hall–Kier alpha value is -2.14. The molecule has 25 heavy (non-hydrogen) atoms. The second kappa shape index (κ2) is 7.00. The SMILES string of the molecule is CCn1c(C)cc(C(=O)N(CC(O)c2ccc(F)cc2)C2CC2)c1C. The Kier molecular flexibility index (Phi) is 4.95. The fourth-order valence-corrected chi connectivity index (χ4v) is 3.42. The molecule has 1 aromatic heterocycles. The standard InChI is InChI=1S/C20H25FN2O2/c1-4-22-13(2)11-18(14(22)3)20(25)23(17-9-10-17)12-19(24)15-5-7-16(21)8-6-15/h5-8,11,17,19,24H,4,9-10,12H2,1-3H3. The van der Waals surface area contributed by atoms with E-state index < -0.39 is 6.10 Å². The van der Waals surface area contributed by atoms with E-state index in [2.05, 4.69) is 11.5 Å². The highest BCUT2D eigenvalue weighted by Gasteiger charge is 2.35. The summed E-state index contributed by atoms with van der Waals surface area (Å²) in [5, 5.41) is 10.5. The lowest BCUT2D eigenvalue weighted by atomic mass is 10.1. The molecule has 0 bridgehead atoms. The lowest BCUT2D eigenvalue weighted by Crippen LogP contribution is -2.37. The number of hydrogen-bond acceptors (Lipinski definition) is 2. The quantitative estimate of drug-likeness (QED) is 0.870. The van der Waals surface area contributed by atoms with E-state index in [0.29, 0.717) is 11.1 Å². The molecule has 0 spiro atoms. The van der Waals surface area contributed by atoms with Gasteiger partial charge in [0.25, 0.3) is 5.91 Å². The van der Waals surface area contributed by atoms with E-state index in [1.165, 1.54) is 12.1 Å². The van der Waals surface area contributed by atoms with Gasteiger partial charge < -0.3 is 14.6 Å². The lowest BCUT2D eigenvalue weighted by molar-refractivity contribution is 0.0602. The highest BCUT2D eigenvalue weighted by molar-refractivity contribution is 5.96. The van der Waals surface area contributed by atoms with Crippen LogP contribution in [0.2, 0.25) is 0 Å². The molecule has 0 saturated heterocycles. The average molecular weight is 344 g/mol. The Balaban J connectivity index is 1.81. The summed E-state index contributed by atoms with van der Waals surface area (Å²) in [7, 11) is 0. The summed E-state index contributed by atoms with van der Waals surface area (Å²) in [5.41, 5.74) is 3.36. The van der Waals surface area contributed by atoms with Crippen molar-refractivity contribution in [2.75, 3.05) is 6.54 Å². The molecular formula is C20H25FN2O2. The molecule has 0 radical (unpaired) electrons. The van der Waals surface area contributed by atoms with Crippen molar-refractivity contribution in [3.63, 3.8) is 0 Å². The summed E-state index contributed by atoms with van der Waals surface area (Å²) >= 11 is 0. The van der Waals surface area contributed by atoms with Gasteiger partial charge in [0, 0.05) is 24.0 Å². The number of carbonyl (C=O) groups excluding carboxylic acids is 1. The number of aliphatic hydroxyl groups excluding tert-OH is 1. The molecule has 0 aliphatic heterocycles. The maximum absolute atomic E-state index is 13.1. The predicted octanol–water partition coefficient (Wildman–Crippen LogP) is 3.60. The number of carbonyl (C=O) groups is 1. The molecule has 1 aromatic carbocycles. The molecule has 3 rings (SSSR count). The third-order valence-corrected chi connectivity index (χ3v) is 4.99. The topological polar surface area (TPSA) is 45.5 Å². The zero-order valence-corrected chi connectivity index (χ0v) is 15.0. The van der Waals surface area contributed by atoms with Gasteiger partial charge in [0.05, 0.1) is 18.2 Å². The van der Waals surface area contributed by atoms with Crippen molar-refractivity contribution in [1.82, 2.24) is 9.47 Å². The van der Waals surface area contributed by atoms with E-state index in [4.69, 9.17) is 0 Å². The van der Waals surface area contributed by atoms with Crippen LogP contribution in [-0.2, 0) is 6.54 Å². The predicted molar refractivity (Wildman–Crippen MR) is 95.0 cm³/mol. The summed E-state index contributed by atoms with van der Waals surface area (Å²) in [5.74, 6) is -0.366. The van der Waals surface area contributed by atoms with Crippen LogP contribution in [0.4, 0.5) is 4.39 Å². The van der Waals surface area contributed by atoms with Crippen LogP contribution in [-0.4, -0.2) is 33.1 Å². The number of aliphatic hydroxyl groups is 1. The summed E-state index contributed by atoms with van der Waals surface area (Å²) in [6.45, 7) is 7.08. The van der Waals surface area contributed by atoms with Crippen LogP contribution in [0.3, 0.4) is 0 Å². The van der Waals surface area contributed by atoms with Crippen LogP contribution >= 0.6 is 0 Å². The smallest absolute Gasteiger partial charge is 0.256 e. The Morgan fingerprint density at radius 3 is 2.48 bits per heavy atom. The zero-order valence-electron chi connectivity index (χ0n) is 15.0. The second-order valence-corrected chi connectivity index (χ2v) is 6.79. The Bertz CT molecular complexity index is 763. The number of rotatable bonds is 6. The van der Waals surface area contributed by atoms with Gasteiger partial charge in [-0.15, -0.1) is 0 Å². The van der Waals surface area contributed by atoms with Crippen molar-refractivity contribution in [2.24, 2.45) is 0 Å². The first-order chi connectivity index (χ1) is 11.9. The van der Waals surface area contributed by atoms with Gasteiger partial charge in [-0.3, -0.25) is 4.79 Å². The van der Waals surface area contributed by atoms with E-state index in [9.17, 15) is 14.3 Å². The largest absolute Gasteiger partial charge is 0.387 e. The van der Waals surface area contributed by atoms with E-state index in [1.54, 1.807) is 17.0 Å². The summed E-state index contributed by atoms with van der Waals surface area (Å²) in [6, 6.07) is 7.91. The molecule has 1 fully saturated rings. The zero-order chi connectivity index (χ0) is 18.1. The van der Waals surface area contributed by atoms with Crippen molar-refractivity contribution < 1.29 is 14.3 Å². The van der Waals surface area contributed by atoms with E-state index in [1.807, 2.05) is 19.9 Å². The van der Waals surface area contributed by atoms with Crippen LogP contribution in [0.15, 0.2) is 30.3 Å². The highest BCUT2D eigenvalue weighted by Crippen LogP contribution is 2.31. The minimum atomic E-state index is -0.820. The van der Waals surface area contributed by atoms with Crippen LogP contribution in [0.1, 0.15) is 53.2 Å². The summed E-state index contributed by atoms with van der Waals surface area (Å²) < 4.78 is 15.2. The first-order valence-corrected chi connectivity index (χ1v) is 8.83. The third-order valence-electron chi connectivity index (χ3n) is 4.99. The first-order valence-electron chi connectivity index (χ1n) is 8.83. The lowest BCUT2D eigenvalue weighted by Gasteiger charge is -2.25. The van der Waals surface area contributed by atoms with Gasteiger partial charge in [-0.1, -0.05) is 12.1 Å². The molecule has 1 aliphatic rings. The number of halogens is 1. The summed E-state index contributed by atoms with van der Waals surface area (Å²) in [4.78, 5) is 14.9. The molecule has 1 unspecified atom stereocenters. The van der Waals surface area contributed by atoms with E-state index >= 15 is 0 Å². The van der Waals surface area contributed by atoms with Crippen molar-refractivity contribution in [1.29, 1.82) is 0 Å². The van der Waals surface area contributed by atoms with Crippen molar-refractivity contribution in [3.8, 4) is 0 Å². The van der Waals surface area contributed by atoms with Crippen LogP contribution < -0.4 is 0 Å². The van der Waals surface area contributed by atoms with Crippen molar-refractivity contribution in [3.05, 3.63) is 58.7 Å². The molecule has 1 saturated carbocycles. The fraction of sp³-hybridized carbons (Fsp3) is 0.450. The molecule has 1 aliphatic carbocycles. The van der Waals surface area contributed by atoms with Gasteiger partial charge in [0.2, 0.25) is 0 Å². The molecule has 1 atom stereocenters. The molecule has 1 N–H and O–H groups in total. The highest BCUT2D eigenvalue weighted by atomic mass is 19.1. The minimum absolute atomic E-state index is 0.0311. The summed E-state index contributed by atoms with van der Waals surface area (Å²) in [6.07, 6.45) is 1.11. The number of benzene rings is 1. The second-order valence-electron chi connectivity index (χ2n) is 6.79. The maximum atomic E-state index is 13.1. The van der Waals surface area contributed by atoms with Crippen molar-refractivity contribution in [2.45, 2.75) is 52.3 Å². The van der Waals surface area contributed by atoms with Crippen molar-refractivity contribution >= 4 is 5.91 Å². The molecular weight excluding hydrogens is 319 g/mol. The first kappa shape index (κ1) is 17.7. The van der Waals surface area contributed by atoms with Gasteiger partial charge in [-0.2, -0.15) is 0 Å². The Morgan fingerprint density at radius 2 is 1.96 bits per heavy atom. The number of nitrogens with zero attached hydrogens (tertiary/aromatic N) is 2. The number of hydrogen-bond donors (Lipinski definition) is 1. The molecule has 4 nitrogen and oxygen atoms in total. The third kappa shape index (κ3) is 3.61. The van der Waals surface area contributed by atoms with Crippen LogP contribution in [0.5, 0.6) is 0 Å². The minimum Gasteiger partial charge on any atom is -0.387 e. The number of aryl methyl sites for hydroxylation is 1. The van der Waals surface area contributed by atoms with Gasteiger partial charge in [0.1, 0.15) is 5.82 Å². The van der Waals surface area contributed by atoms with E-state index in [-0.39, 0.29) is 24.3 Å². The van der Waals surface area contributed by atoms with Gasteiger partial charge in [0.15, 0.2) is 0 Å². The molecule has 5 heteroatoms.